The SMILES string of the molecule is Cc1cccc(S(=O)(=O)N2CCN(c3cnn(C)c3)C(=O)C2)c1. The molecule has 0 spiro atoms. The molecule has 2 aromatic rings. The van der Waals surface area contributed by atoms with Crippen LogP contribution in [0.15, 0.2) is 41.6 Å². The van der Waals surface area contributed by atoms with Crippen molar-refractivity contribution in [2.24, 2.45) is 7.05 Å². The number of amides is 1. The number of nitrogens with zero attached hydrogens (tertiary/aromatic N) is 4. The van der Waals surface area contributed by atoms with E-state index < -0.39 is 10.0 Å². The van der Waals surface area contributed by atoms with Crippen molar-refractivity contribution in [2.75, 3.05) is 24.5 Å². The number of benzene rings is 1. The van der Waals surface area contributed by atoms with Gasteiger partial charge in [-0.1, -0.05) is 12.1 Å². The summed E-state index contributed by atoms with van der Waals surface area (Å²) in [7, 11) is -1.88. The maximum Gasteiger partial charge on any atom is 0.243 e. The van der Waals surface area contributed by atoms with Gasteiger partial charge in [0.25, 0.3) is 0 Å². The second kappa shape index (κ2) is 5.78. The normalized spacial score (nSPS) is 16.8. The van der Waals surface area contributed by atoms with Crippen molar-refractivity contribution in [2.45, 2.75) is 11.8 Å². The number of hydrogen-bond acceptors (Lipinski definition) is 4. The molecule has 1 fully saturated rings. The summed E-state index contributed by atoms with van der Waals surface area (Å²) >= 11 is 0. The van der Waals surface area contributed by atoms with Crippen molar-refractivity contribution in [1.29, 1.82) is 0 Å². The Labute approximate surface area is 135 Å². The Kier molecular flexibility index (Phi) is 3.95. The van der Waals surface area contributed by atoms with Crippen molar-refractivity contribution in [3.8, 4) is 0 Å². The minimum atomic E-state index is -3.65. The minimum Gasteiger partial charge on any atom is -0.307 e. The van der Waals surface area contributed by atoms with Crippen molar-refractivity contribution in [1.82, 2.24) is 14.1 Å². The van der Waals surface area contributed by atoms with Crippen LogP contribution in [0.25, 0.3) is 0 Å². The number of rotatable bonds is 3. The van der Waals surface area contributed by atoms with E-state index in [1.807, 2.05) is 13.0 Å². The van der Waals surface area contributed by atoms with Gasteiger partial charge in [-0.25, -0.2) is 8.42 Å². The molecule has 1 aliphatic rings. The highest BCUT2D eigenvalue weighted by Crippen LogP contribution is 2.21. The van der Waals surface area contributed by atoms with Crippen molar-refractivity contribution in [3.05, 3.63) is 42.2 Å². The van der Waals surface area contributed by atoms with E-state index in [4.69, 9.17) is 0 Å². The van der Waals surface area contributed by atoms with Crippen LogP contribution in [0.5, 0.6) is 0 Å². The third kappa shape index (κ3) is 2.99. The molecule has 7 nitrogen and oxygen atoms in total. The predicted octanol–water partition coefficient (Wildman–Crippen LogP) is 0.766. The molecule has 1 aliphatic heterocycles. The number of piperazine rings is 1. The van der Waals surface area contributed by atoms with Crippen LogP contribution in [0.3, 0.4) is 0 Å². The molecule has 1 aromatic heterocycles. The minimum absolute atomic E-state index is 0.162. The second-order valence-corrected chi connectivity index (χ2v) is 7.51. The smallest absolute Gasteiger partial charge is 0.243 e. The molecule has 122 valence electrons. The summed E-state index contributed by atoms with van der Waals surface area (Å²) in [5, 5.41) is 4.04. The van der Waals surface area contributed by atoms with Gasteiger partial charge in [0, 0.05) is 26.3 Å². The zero-order valence-electron chi connectivity index (χ0n) is 13.0. The fraction of sp³-hybridized carbons (Fsp3) is 0.333. The summed E-state index contributed by atoms with van der Waals surface area (Å²) in [6, 6.07) is 6.72. The lowest BCUT2D eigenvalue weighted by atomic mass is 10.2. The number of aryl methyl sites for hydroxylation is 2. The summed E-state index contributed by atoms with van der Waals surface area (Å²) in [5.41, 5.74) is 1.55. The van der Waals surface area contributed by atoms with Crippen LogP contribution in [-0.4, -0.2) is 48.0 Å². The van der Waals surface area contributed by atoms with Crippen LogP contribution in [-0.2, 0) is 21.9 Å². The maximum absolute atomic E-state index is 12.7. The van der Waals surface area contributed by atoms with Crippen molar-refractivity contribution < 1.29 is 13.2 Å². The molecule has 0 saturated carbocycles. The highest BCUT2D eigenvalue weighted by Gasteiger charge is 2.33. The van der Waals surface area contributed by atoms with Gasteiger partial charge in [-0.15, -0.1) is 0 Å². The van der Waals surface area contributed by atoms with Crippen LogP contribution in [0.4, 0.5) is 5.69 Å². The fourth-order valence-electron chi connectivity index (χ4n) is 2.60. The van der Waals surface area contributed by atoms with Gasteiger partial charge in [-0.05, 0) is 24.6 Å². The predicted molar refractivity (Wildman–Crippen MR) is 85.5 cm³/mol. The molecule has 0 atom stereocenters. The Bertz CT molecular complexity index is 844. The van der Waals surface area contributed by atoms with Gasteiger partial charge in [-0.3, -0.25) is 9.48 Å². The molecule has 2 heterocycles. The van der Waals surface area contributed by atoms with Crippen molar-refractivity contribution in [3.63, 3.8) is 0 Å². The highest BCUT2D eigenvalue weighted by atomic mass is 32.2. The lowest BCUT2D eigenvalue weighted by Gasteiger charge is -2.32. The topological polar surface area (TPSA) is 75.5 Å². The van der Waals surface area contributed by atoms with Crippen LogP contribution < -0.4 is 4.90 Å². The molecule has 0 bridgehead atoms. The van der Waals surface area contributed by atoms with E-state index in [0.717, 1.165) is 5.56 Å². The number of sulfonamides is 1. The molecule has 3 rings (SSSR count). The van der Waals surface area contributed by atoms with E-state index in [1.54, 1.807) is 47.2 Å². The number of aromatic nitrogens is 2. The molecule has 23 heavy (non-hydrogen) atoms. The first kappa shape index (κ1) is 15.7. The van der Waals surface area contributed by atoms with Gasteiger partial charge >= 0.3 is 0 Å². The average molecular weight is 334 g/mol. The van der Waals surface area contributed by atoms with E-state index in [0.29, 0.717) is 12.2 Å². The van der Waals surface area contributed by atoms with Crippen molar-refractivity contribution >= 4 is 21.6 Å². The monoisotopic (exact) mass is 334 g/mol. The zero-order chi connectivity index (χ0) is 16.6. The molecule has 0 radical (unpaired) electrons. The molecule has 0 N–H and O–H groups in total. The molecule has 0 unspecified atom stereocenters. The molecular formula is C15H18N4O3S. The second-order valence-electron chi connectivity index (χ2n) is 5.57. The van der Waals surface area contributed by atoms with Gasteiger partial charge in [0.2, 0.25) is 15.9 Å². The van der Waals surface area contributed by atoms with Gasteiger partial charge in [0.15, 0.2) is 0 Å². The summed E-state index contributed by atoms with van der Waals surface area (Å²) in [6.07, 6.45) is 3.34. The van der Waals surface area contributed by atoms with Gasteiger partial charge in [0.1, 0.15) is 0 Å². The highest BCUT2D eigenvalue weighted by molar-refractivity contribution is 7.89. The van der Waals surface area contributed by atoms with E-state index in [1.165, 1.54) is 4.31 Å². The first-order chi connectivity index (χ1) is 10.9. The zero-order valence-corrected chi connectivity index (χ0v) is 13.8. The first-order valence-electron chi connectivity index (χ1n) is 7.24. The first-order valence-corrected chi connectivity index (χ1v) is 8.68. The Morgan fingerprint density at radius 2 is 2.00 bits per heavy atom. The Balaban J connectivity index is 1.81. The standard InChI is InChI=1S/C15H18N4O3S/c1-12-4-3-5-14(8-12)23(21,22)18-6-7-19(15(20)11-18)13-9-16-17(2)10-13/h3-5,8-10H,6-7,11H2,1-2H3. The van der Waals surface area contributed by atoms with Crippen LogP contribution in [0.2, 0.25) is 0 Å². The quantitative estimate of drug-likeness (QED) is 0.831. The summed E-state index contributed by atoms with van der Waals surface area (Å²) in [6.45, 7) is 2.25. The lowest BCUT2D eigenvalue weighted by Crippen LogP contribution is -2.52. The third-order valence-electron chi connectivity index (χ3n) is 3.82. The Morgan fingerprint density at radius 1 is 1.22 bits per heavy atom. The molecule has 1 saturated heterocycles. The summed E-state index contributed by atoms with van der Waals surface area (Å²) in [4.78, 5) is 14.1. The van der Waals surface area contributed by atoms with Crippen LogP contribution >= 0.6 is 0 Å². The van der Waals surface area contributed by atoms with Crippen LogP contribution in [0, 0.1) is 6.92 Å². The van der Waals surface area contributed by atoms with Gasteiger partial charge in [0.05, 0.1) is 23.3 Å². The average Bonchev–Trinajstić information content (AvgIpc) is 2.93. The molecule has 1 aromatic carbocycles. The number of carbonyl (C=O) groups excluding carboxylic acids is 1. The van der Waals surface area contributed by atoms with E-state index in [-0.39, 0.29) is 23.9 Å². The molecule has 0 aliphatic carbocycles. The molecule has 1 amide bonds. The Hall–Kier alpha value is -2.19. The fourth-order valence-corrected chi connectivity index (χ4v) is 4.09. The Morgan fingerprint density at radius 3 is 2.61 bits per heavy atom. The van der Waals surface area contributed by atoms with E-state index in [9.17, 15) is 13.2 Å². The number of anilines is 1. The molecule has 8 heteroatoms. The number of hydrogen-bond donors (Lipinski definition) is 0. The maximum atomic E-state index is 12.7. The van der Waals surface area contributed by atoms with Gasteiger partial charge < -0.3 is 4.90 Å². The van der Waals surface area contributed by atoms with E-state index >= 15 is 0 Å². The van der Waals surface area contributed by atoms with Crippen LogP contribution in [0.1, 0.15) is 5.56 Å². The largest absolute Gasteiger partial charge is 0.307 e. The summed E-state index contributed by atoms with van der Waals surface area (Å²) in [5.74, 6) is -0.250. The summed E-state index contributed by atoms with van der Waals surface area (Å²) < 4.78 is 28.2. The third-order valence-corrected chi connectivity index (χ3v) is 5.66. The van der Waals surface area contributed by atoms with Gasteiger partial charge in [-0.2, -0.15) is 9.40 Å². The molecular weight excluding hydrogens is 316 g/mol. The lowest BCUT2D eigenvalue weighted by molar-refractivity contribution is -0.119. The van der Waals surface area contributed by atoms with E-state index in [2.05, 4.69) is 5.10 Å². The number of carbonyl (C=O) groups is 1.